The van der Waals surface area contributed by atoms with Gasteiger partial charge < -0.3 is 20.0 Å². The average molecular weight is 452 g/mol. The molecule has 0 saturated carbocycles. The molecule has 2 aromatic carbocycles. The number of nitrogens with zero attached hydrogens (tertiary/aromatic N) is 6. The summed E-state index contributed by atoms with van der Waals surface area (Å²) in [6.07, 6.45) is 3.91. The van der Waals surface area contributed by atoms with Gasteiger partial charge in [0.15, 0.2) is 5.58 Å². The molecule has 0 spiro atoms. The highest BCUT2D eigenvalue weighted by Gasteiger charge is 2.29. The van der Waals surface area contributed by atoms with Crippen LogP contribution in [0.4, 0.5) is 11.7 Å². The Balaban J connectivity index is 1.41. The predicted molar refractivity (Wildman–Crippen MR) is 122 cm³/mol. The van der Waals surface area contributed by atoms with Crippen molar-refractivity contribution in [2.24, 2.45) is 0 Å². The highest BCUT2D eigenvalue weighted by Crippen LogP contribution is 2.27. The number of anilines is 2. The van der Waals surface area contributed by atoms with Crippen molar-refractivity contribution in [2.45, 2.75) is 19.4 Å². The Hall–Kier alpha value is -3.59. The number of hydrogen-bond acceptors (Lipinski definition) is 7. The molecule has 32 heavy (non-hydrogen) atoms. The van der Waals surface area contributed by atoms with Crippen molar-refractivity contribution in [3.8, 4) is 5.69 Å². The fourth-order valence-electron chi connectivity index (χ4n) is 3.97. The van der Waals surface area contributed by atoms with Gasteiger partial charge in [0.2, 0.25) is 0 Å². The van der Waals surface area contributed by atoms with Crippen LogP contribution in [0.5, 0.6) is 0 Å². The van der Waals surface area contributed by atoms with E-state index in [4.69, 9.17) is 21.8 Å². The number of carbonyl (C=O) groups is 1. The number of benzene rings is 2. The zero-order chi connectivity index (χ0) is 22.2. The molecule has 1 fully saturated rings. The van der Waals surface area contributed by atoms with Crippen molar-refractivity contribution >= 4 is 40.3 Å². The minimum atomic E-state index is -0.108. The van der Waals surface area contributed by atoms with Crippen molar-refractivity contribution in [2.75, 3.05) is 30.3 Å². The molecule has 2 aromatic heterocycles. The summed E-state index contributed by atoms with van der Waals surface area (Å²) in [4.78, 5) is 23.5. The number of halogens is 1. The molecule has 0 unspecified atom stereocenters. The van der Waals surface area contributed by atoms with Gasteiger partial charge in [0.1, 0.15) is 5.52 Å². The molecular formula is C22H22ClN7O2. The first-order valence-corrected chi connectivity index (χ1v) is 10.8. The first-order chi connectivity index (χ1) is 15.5. The number of carbonyl (C=O) groups excluding carboxylic acids is 1. The normalized spacial score (nSPS) is 17.0. The van der Waals surface area contributed by atoms with Crippen LogP contribution in [-0.2, 0) is 0 Å². The van der Waals surface area contributed by atoms with Crippen LogP contribution >= 0.6 is 11.6 Å². The minimum absolute atomic E-state index is 0.0196. The van der Waals surface area contributed by atoms with Gasteiger partial charge in [-0.2, -0.15) is 20.0 Å². The maximum atomic E-state index is 13.6. The van der Waals surface area contributed by atoms with E-state index in [1.807, 2.05) is 17.9 Å². The molecule has 5 rings (SSSR count). The molecule has 3 heterocycles. The summed E-state index contributed by atoms with van der Waals surface area (Å²) in [6, 6.07) is 11.1. The van der Waals surface area contributed by atoms with Gasteiger partial charge in [-0.25, -0.2) is 0 Å². The fourth-order valence-corrected chi connectivity index (χ4v) is 4.14. The number of nitrogen functional groups attached to an aromatic ring is 1. The average Bonchev–Trinajstić information content (AvgIpc) is 3.41. The van der Waals surface area contributed by atoms with Crippen molar-refractivity contribution in [1.29, 1.82) is 0 Å². The summed E-state index contributed by atoms with van der Waals surface area (Å²) in [5.74, 6) is -0.108. The van der Waals surface area contributed by atoms with Gasteiger partial charge in [-0.1, -0.05) is 11.6 Å². The SMILES string of the molecule is C[C@@H]1CCN(c2nc3cc(Cl)ccc3o2)CCN1C(=O)c1cc(N)ccc1-n1nccn1. The molecule has 1 saturated heterocycles. The van der Waals surface area contributed by atoms with Gasteiger partial charge in [-0.3, -0.25) is 4.79 Å². The van der Waals surface area contributed by atoms with Gasteiger partial charge in [0, 0.05) is 36.4 Å². The molecule has 4 aromatic rings. The zero-order valence-electron chi connectivity index (χ0n) is 17.5. The third kappa shape index (κ3) is 3.75. The summed E-state index contributed by atoms with van der Waals surface area (Å²) in [5, 5.41) is 8.97. The number of oxazole rings is 1. The lowest BCUT2D eigenvalue weighted by Gasteiger charge is -2.27. The van der Waals surface area contributed by atoms with Gasteiger partial charge >= 0.3 is 0 Å². The third-order valence-corrected chi connectivity index (χ3v) is 5.95. The van der Waals surface area contributed by atoms with Crippen LogP contribution in [0, 0.1) is 0 Å². The molecule has 0 aliphatic carbocycles. The Labute approximate surface area is 189 Å². The molecule has 1 aliphatic rings. The maximum Gasteiger partial charge on any atom is 0.298 e. The van der Waals surface area contributed by atoms with Crippen LogP contribution in [0.3, 0.4) is 0 Å². The summed E-state index contributed by atoms with van der Waals surface area (Å²) in [7, 11) is 0. The Morgan fingerprint density at radius 1 is 1.12 bits per heavy atom. The van der Waals surface area contributed by atoms with Crippen LogP contribution in [0.1, 0.15) is 23.7 Å². The Kier molecular flexibility index (Phi) is 5.18. The second-order valence-corrected chi connectivity index (χ2v) is 8.26. The van der Waals surface area contributed by atoms with Gasteiger partial charge in [-0.05, 0) is 49.7 Å². The van der Waals surface area contributed by atoms with Crippen LogP contribution in [-0.4, -0.2) is 56.5 Å². The third-order valence-electron chi connectivity index (χ3n) is 5.71. The number of fused-ring (bicyclic) bond motifs is 1. The largest absolute Gasteiger partial charge is 0.423 e. The van der Waals surface area contributed by atoms with Gasteiger partial charge in [0.25, 0.3) is 11.9 Å². The van der Waals surface area contributed by atoms with Gasteiger partial charge in [-0.15, -0.1) is 0 Å². The second kappa shape index (κ2) is 8.16. The monoisotopic (exact) mass is 451 g/mol. The van der Waals surface area contributed by atoms with Crippen LogP contribution in [0.15, 0.2) is 53.2 Å². The van der Waals surface area contributed by atoms with Crippen molar-refractivity contribution < 1.29 is 9.21 Å². The predicted octanol–water partition coefficient (Wildman–Crippen LogP) is 3.39. The molecule has 1 atom stereocenters. The van der Waals surface area contributed by atoms with Crippen LogP contribution < -0.4 is 10.6 Å². The highest BCUT2D eigenvalue weighted by molar-refractivity contribution is 6.31. The highest BCUT2D eigenvalue weighted by atomic mass is 35.5. The molecule has 9 nitrogen and oxygen atoms in total. The number of hydrogen-bond donors (Lipinski definition) is 1. The summed E-state index contributed by atoms with van der Waals surface area (Å²) < 4.78 is 5.93. The van der Waals surface area contributed by atoms with E-state index < -0.39 is 0 Å². The topological polar surface area (TPSA) is 106 Å². The Morgan fingerprint density at radius 2 is 1.94 bits per heavy atom. The Morgan fingerprint density at radius 3 is 2.75 bits per heavy atom. The molecule has 0 radical (unpaired) electrons. The lowest BCUT2D eigenvalue weighted by atomic mass is 10.1. The summed E-state index contributed by atoms with van der Waals surface area (Å²) >= 11 is 6.07. The maximum absolute atomic E-state index is 13.6. The molecule has 0 bridgehead atoms. The molecule has 10 heteroatoms. The van der Waals surface area contributed by atoms with E-state index in [0.717, 1.165) is 13.0 Å². The number of rotatable bonds is 3. The standard InChI is InChI=1S/C22H22ClN7O2/c1-14-6-9-28(22-27-18-12-15(23)2-5-20(18)32-22)10-11-29(14)21(31)17-13-16(24)3-4-19(17)30-25-7-8-26-30/h2-5,7-8,12-14H,6,9-11,24H2,1H3/t14-/m1/s1. The van der Waals surface area contributed by atoms with Crippen molar-refractivity contribution in [1.82, 2.24) is 24.9 Å². The van der Waals surface area contributed by atoms with Crippen molar-refractivity contribution in [3.05, 3.63) is 59.4 Å². The number of nitrogens with two attached hydrogens (primary N) is 1. The molecular weight excluding hydrogens is 430 g/mol. The first kappa shape index (κ1) is 20.3. The number of amides is 1. The van der Waals surface area contributed by atoms with Crippen LogP contribution in [0.2, 0.25) is 5.02 Å². The fraction of sp³-hybridized carbons (Fsp3) is 0.273. The van der Waals surface area contributed by atoms with E-state index in [2.05, 4.69) is 20.1 Å². The Bertz CT molecular complexity index is 1270. The quantitative estimate of drug-likeness (QED) is 0.476. The van der Waals surface area contributed by atoms with E-state index in [1.165, 1.54) is 4.80 Å². The lowest BCUT2D eigenvalue weighted by molar-refractivity contribution is 0.0705. The van der Waals surface area contributed by atoms with Crippen molar-refractivity contribution in [3.63, 3.8) is 0 Å². The molecule has 1 aliphatic heterocycles. The van der Waals surface area contributed by atoms with E-state index in [9.17, 15) is 4.79 Å². The van der Waals surface area contributed by atoms with E-state index >= 15 is 0 Å². The van der Waals surface area contributed by atoms with Crippen LogP contribution in [0.25, 0.3) is 16.8 Å². The smallest absolute Gasteiger partial charge is 0.298 e. The molecule has 164 valence electrons. The summed E-state index contributed by atoms with van der Waals surface area (Å²) in [6.45, 7) is 3.87. The minimum Gasteiger partial charge on any atom is -0.423 e. The molecule has 1 amide bonds. The lowest BCUT2D eigenvalue weighted by Crippen LogP contribution is -2.40. The van der Waals surface area contributed by atoms with E-state index in [1.54, 1.807) is 42.7 Å². The van der Waals surface area contributed by atoms with E-state index in [0.29, 0.717) is 52.2 Å². The summed E-state index contributed by atoms with van der Waals surface area (Å²) in [5.41, 5.74) is 8.98. The van der Waals surface area contributed by atoms with E-state index in [-0.39, 0.29) is 11.9 Å². The first-order valence-electron chi connectivity index (χ1n) is 10.4. The molecule has 2 N–H and O–H groups in total. The zero-order valence-corrected chi connectivity index (χ0v) is 18.2. The second-order valence-electron chi connectivity index (χ2n) is 7.83. The van der Waals surface area contributed by atoms with Gasteiger partial charge in [0.05, 0.1) is 23.6 Å². The number of aromatic nitrogens is 4.